The number of phenols is 2. The van der Waals surface area contributed by atoms with Gasteiger partial charge in [0.2, 0.25) is 88.6 Å². The average molecular weight is 1830 g/mol. The van der Waals surface area contributed by atoms with Crippen LogP contribution in [0.2, 0.25) is 0 Å². The van der Waals surface area contributed by atoms with Crippen molar-refractivity contribution in [2.75, 3.05) is 57.3 Å². The van der Waals surface area contributed by atoms with Crippen molar-refractivity contribution in [2.24, 2.45) is 73.4 Å². The van der Waals surface area contributed by atoms with Crippen molar-refractivity contribution < 1.29 is 97.1 Å². The summed E-state index contributed by atoms with van der Waals surface area (Å²) in [4.78, 5) is 232. The monoisotopic (exact) mass is 1830 g/mol. The van der Waals surface area contributed by atoms with Crippen LogP contribution >= 0.6 is 25.3 Å². The Morgan fingerprint density at radius 2 is 0.717 bits per heavy atom. The second kappa shape index (κ2) is 58.0. The fourth-order valence-corrected chi connectivity index (χ4v) is 13.5. The molecule has 18 atom stereocenters. The van der Waals surface area contributed by atoms with Crippen molar-refractivity contribution in [1.29, 1.82) is 0 Å². The summed E-state index contributed by atoms with van der Waals surface area (Å²) in [5, 5.41) is 79.4. The number of thiol groups is 2. The lowest BCUT2D eigenvalue weighted by molar-refractivity contribution is -0.142. The number of hydrogen-bond acceptors (Lipinski definition) is 28. The number of carbonyl (C=O) groups is 16. The summed E-state index contributed by atoms with van der Waals surface area (Å²) < 4.78 is 0. The largest absolute Gasteiger partial charge is 0.508 e. The topological polar surface area (TPSA) is 793 Å². The van der Waals surface area contributed by atoms with Gasteiger partial charge in [-0.2, -0.15) is 25.3 Å². The number of aliphatic hydroxyl groups is 1. The summed E-state index contributed by atoms with van der Waals surface area (Å²) in [5.74, 6) is -18.9. The molecule has 0 aliphatic carbocycles. The van der Waals surface area contributed by atoms with Crippen LogP contribution in [0, 0.1) is 11.8 Å². The van der Waals surface area contributed by atoms with E-state index in [0.717, 1.165) is 13.3 Å². The zero-order chi connectivity index (χ0) is 95.2. The summed E-state index contributed by atoms with van der Waals surface area (Å²) in [5.41, 5.74) is 52.0. The third-order valence-corrected chi connectivity index (χ3v) is 21.4. The number of guanidine groups is 2. The summed E-state index contributed by atoms with van der Waals surface area (Å²) >= 11 is 8.57. The van der Waals surface area contributed by atoms with E-state index >= 15 is 0 Å². The van der Waals surface area contributed by atoms with Crippen LogP contribution in [-0.2, 0) is 89.6 Å². The van der Waals surface area contributed by atoms with Gasteiger partial charge < -0.3 is 152 Å². The number of nitrogens with one attached hydrogen (secondary N) is 15. The molecule has 2 aromatic carbocycles. The Hall–Kier alpha value is -11.4. The minimum Gasteiger partial charge on any atom is -0.508 e. The third-order valence-electron chi connectivity index (χ3n) is 20.7. The van der Waals surface area contributed by atoms with Crippen molar-refractivity contribution in [1.82, 2.24) is 79.8 Å². The molecule has 0 saturated carbocycles. The molecule has 1 saturated heterocycles. The first kappa shape index (κ1) is 110. The first-order valence-electron chi connectivity index (χ1n) is 42.1. The Labute approximate surface area is 747 Å². The zero-order valence-corrected chi connectivity index (χ0v) is 74.0. The Kier molecular flexibility index (Phi) is 50.1. The SMILES string of the molecule is CC[C@H](C)[C@H](NC(=O)[C@@H]1CCCN1)C(=O)N[C@H](C(=O)N[C@@H](Cc1ccc(O)cc1)C(=O)N[C@@H](CS)C(=O)N[C@@H](CC(N)=O)C(=O)N[C@@H](CCCN=C(N)N)C(=O)N[C@@H](CCN)C(=O)N[C@H](C(=O)N[C@H](CCN)C(=O)N[C@@H](CCCCN)C(=O)N[C@@H](CS)C(=O)N[C@@H](CCN)C(=O)N[C@@H](CCCN=C(N)N)C(=O)N[C@@H](Cc1ccc(O)cc1)C(=O)O)[C@@H](C)O)[C@@H](C)CC. The fourth-order valence-electron chi connectivity index (χ4n) is 13.0. The maximum Gasteiger partial charge on any atom is 0.326 e. The van der Waals surface area contributed by atoms with Crippen LogP contribution < -0.4 is 131 Å². The van der Waals surface area contributed by atoms with Crippen LogP contribution in [0.15, 0.2) is 58.5 Å². The van der Waals surface area contributed by atoms with E-state index in [9.17, 15) is 97.1 Å². The van der Waals surface area contributed by atoms with Gasteiger partial charge in [0.15, 0.2) is 11.9 Å². The van der Waals surface area contributed by atoms with E-state index in [4.69, 9.17) is 51.6 Å². The van der Waals surface area contributed by atoms with Gasteiger partial charge in [0.05, 0.1) is 18.6 Å². The number of unbranched alkanes of at least 4 members (excludes halogenated alkanes) is 1. The van der Waals surface area contributed by atoms with E-state index in [1.54, 1.807) is 20.8 Å². The molecule has 2 aromatic rings. The molecule has 1 aliphatic rings. The highest BCUT2D eigenvalue weighted by Gasteiger charge is 2.41. The molecule has 48 heteroatoms. The molecule has 0 bridgehead atoms. The normalized spacial score (nSPS) is 16.3. The highest BCUT2D eigenvalue weighted by atomic mass is 32.1. The molecule has 37 N–H and O–H groups in total. The predicted octanol–water partition coefficient (Wildman–Crippen LogP) is -9.00. The van der Waals surface area contributed by atoms with Crippen LogP contribution in [-0.4, -0.2) is 281 Å². The number of aliphatic carboxylic acids is 1. The molecule has 1 aliphatic heterocycles. The first-order chi connectivity index (χ1) is 60.2. The Morgan fingerprint density at radius 3 is 1.08 bits per heavy atom. The van der Waals surface area contributed by atoms with E-state index in [-0.39, 0.29) is 145 Å². The second-order valence-corrected chi connectivity index (χ2v) is 31.6. The van der Waals surface area contributed by atoms with Crippen LogP contribution in [0.1, 0.15) is 142 Å². The number of phenolic OH excluding ortho intramolecular Hbond substituents is 2. The minimum atomic E-state index is -1.94. The molecular formula is C79H132N26O20S2. The number of aliphatic hydroxyl groups excluding tert-OH is 1. The molecule has 0 radical (unpaired) electrons. The number of nitrogens with two attached hydrogens (primary N) is 9. The van der Waals surface area contributed by atoms with Crippen molar-refractivity contribution in [2.45, 2.75) is 241 Å². The number of primary amides is 1. The molecule has 0 spiro atoms. The molecule has 1 heterocycles. The smallest absolute Gasteiger partial charge is 0.326 e. The predicted molar refractivity (Wildman–Crippen MR) is 475 cm³/mol. The van der Waals surface area contributed by atoms with Crippen LogP contribution in [0.4, 0.5) is 0 Å². The number of carbonyl (C=O) groups excluding carboxylic acids is 15. The molecule has 1 fully saturated rings. The minimum absolute atomic E-state index is 0.0126. The molecule has 3 rings (SSSR count). The first-order valence-corrected chi connectivity index (χ1v) is 43.3. The number of carboxylic acids is 1. The summed E-state index contributed by atoms with van der Waals surface area (Å²) in [6.07, 6.45) is -2.08. The highest BCUT2D eigenvalue weighted by Crippen LogP contribution is 2.19. The quantitative estimate of drug-likeness (QED) is 0.0127. The van der Waals surface area contributed by atoms with Gasteiger partial charge in [-0.1, -0.05) is 64.8 Å². The average Bonchev–Trinajstić information content (AvgIpc) is 1.85. The van der Waals surface area contributed by atoms with Crippen LogP contribution in [0.25, 0.3) is 0 Å². The second-order valence-electron chi connectivity index (χ2n) is 30.8. The number of aromatic hydroxyl groups is 2. The van der Waals surface area contributed by atoms with Gasteiger partial charge in [0, 0.05) is 37.4 Å². The van der Waals surface area contributed by atoms with E-state index in [1.807, 2.05) is 6.92 Å². The number of benzene rings is 2. The number of rotatable bonds is 60. The lowest BCUT2D eigenvalue weighted by Crippen LogP contribution is -2.62. The van der Waals surface area contributed by atoms with E-state index in [1.165, 1.54) is 48.5 Å². The third kappa shape index (κ3) is 39.6. The Morgan fingerprint density at radius 1 is 0.402 bits per heavy atom. The molecule has 15 amide bonds. The van der Waals surface area contributed by atoms with Gasteiger partial charge in [0.25, 0.3) is 0 Å². The summed E-state index contributed by atoms with van der Waals surface area (Å²) in [6, 6.07) is -11.3. The van der Waals surface area contributed by atoms with Gasteiger partial charge in [-0.05, 0) is 164 Å². The molecular weight excluding hydrogens is 1700 g/mol. The van der Waals surface area contributed by atoms with Crippen molar-refractivity contribution in [3.63, 3.8) is 0 Å². The number of hydrogen-bond donors (Lipinski definition) is 30. The van der Waals surface area contributed by atoms with Crippen molar-refractivity contribution >= 4 is 132 Å². The molecule has 46 nitrogen and oxygen atoms in total. The molecule has 127 heavy (non-hydrogen) atoms. The molecule has 0 unspecified atom stereocenters. The van der Waals surface area contributed by atoms with E-state index in [2.05, 4.69) is 115 Å². The number of carboxylic acid groups (broad SMARTS) is 1. The van der Waals surface area contributed by atoms with E-state index in [0.29, 0.717) is 43.4 Å². The number of aliphatic imine (C=N–C) groups is 2. The molecule has 710 valence electrons. The Balaban J connectivity index is 1.89. The van der Waals surface area contributed by atoms with Gasteiger partial charge in [-0.15, -0.1) is 0 Å². The van der Waals surface area contributed by atoms with Gasteiger partial charge >= 0.3 is 5.97 Å². The maximum atomic E-state index is 14.6. The van der Waals surface area contributed by atoms with Crippen molar-refractivity contribution in [3.8, 4) is 11.5 Å². The Bertz CT molecular complexity index is 4010. The van der Waals surface area contributed by atoms with E-state index < -0.39 is 209 Å². The maximum absolute atomic E-state index is 14.6. The fraction of sp³-hybridized carbons (Fsp3) is 0.620. The van der Waals surface area contributed by atoms with Crippen LogP contribution in [0.3, 0.4) is 0 Å². The van der Waals surface area contributed by atoms with Crippen LogP contribution in [0.5, 0.6) is 11.5 Å². The lowest BCUT2D eigenvalue weighted by Gasteiger charge is -2.31. The lowest BCUT2D eigenvalue weighted by atomic mass is 9.94. The summed E-state index contributed by atoms with van der Waals surface area (Å²) in [6.45, 7) is 7.93. The van der Waals surface area contributed by atoms with Gasteiger partial charge in [-0.3, -0.25) is 81.9 Å². The standard InChI is InChI=1S/C79H132N26O20S2/c1-6-40(3)60(104-75(122)61(41(4)7-2)103-63(110)47-14-10-32-89-47)74(121)99-54(35-43-17-21-45(107)22-18-43)70(117)102-58(39-127)73(120)98-55(37-59(84)109)71(118)94-49(15-11-33-90-78(85)86)64(111)95-53(27-31-83)69(116)105-62(42(5)106)76(123)97-52(26-30-82)68(115)92-48(13-8-9-28-80)66(113)101-57(38-126)72(119)96-51(25-29-81)67(114)93-50(16-12-34-91-79(87)88)65(112)100-56(77(124)125)36-44-19-23-46(108)24-20-44/h17-24,40-42,47-58,60-62,89,106-108,126-127H,6-16,25-39,80-83H2,1-5H3,(H2,84,109)(H,92,115)(H,93,114)(H,94,118)(H,95,111)(H,96,119)(H,97,123)(H,98,120)(H,99,121)(H,100,112)(H,101,113)(H,102,117)(H,103,110)(H,104,122)(H,105,116)(H,124,125)(H4,85,86,90)(H4,87,88,91)/t40-,41-,42+,47-,48-,49-,50-,51-,52+,53-,54-,55-,56-,57-,58-,60-,61-,62-/m0/s1. The zero-order valence-electron chi connectivity index (χ0n) is 72.2. The summed E-state index contributed by atoms with van der Waals surface area (Å²) in [7, 11) is 0. The van der Waals surface area contributed by atoms with Gasteiger partial charge in [-0.25, -0.2) is 4.79 Å². The van der Waals surface area contributed by atoms with Crippen molar-refractivity contribution in [3.05, 3.63) is 59.7 Å². The van der Waals surface area contributed by atoms with Gasteiger partial charge in [0.1, 0.15) is 96.1 Å². The number of amides is 15. The number of nitrogens with zero attached hydrogens (tertiary/aromatic N) is 2. The highest BCUT2D eigenvalue weighted by molar-refractivity contribution is 7.80. The molecule has 0 aromatic heterocycles.